The quantitative estimate of drug-likeness (QED) is 0.391. The lowest BCUT2D eigenvalue weighted by Gasteiger charge is -2.44. The molecule has 1 saturated heterocycles. The molecule has 1 aromatic carbocycles. The Hall–Kier alpha value is -2.89. The monoisotopic (exact) mass is 448 g/mol. The first-order valence-corrected chi connectivity index (χ1v) is 11.4. The van der Waals surface area contributed by atoms with E-state index in [2.05, 4.69) is 52.6 Å². The molecule has 2 aliphatic rings. The van der Waals surface area contributed by atoms with Gasteiger partial charge in [-0.3, -0.25) is 4.79 Å². The first-order chi connectivity index (χ1) is 15.8. The number of carbonyl (C=O) groups is 1. The lowest BCUT2D eigenvalue weighted by Crippen LogP contribution is -2.55. The Balaban J connectivity index is 2.22. The fourth-order valence-corrected chi connectivity index (χ4v) is 5.19. The van der Waals surface area contributed by atoms with Gasteiger partial charge in [0.15, 0.2) is 0 Å². The van der Waals surface area contributed by atoms with Crippen LogP contribution in [0.25, 0.3) is 5.57 Å². The number of amides is 1. The Morgan fingerprint density at radius 3 is 2.27 bits per heavy atom. The summed E-state index contributed by atoms with van der Waals surface area (Å²) in [6.45, 7) is 20.0. The van der Waals surface area contributed by atoms with Crippen molar-refractivity contribution >= 4 is 11.5 Å². The summed E-state index contributed by atoms with van der Waals surface area (Å²) in [5.74, 6) is 0.746. The molecule has 2 aliphatic heterocycles. The molecule has 0 aromatic heterocycles. The lowest BCUT2D eigenvalue weighted by molar-refractivity contribution is -0.163. The number of allylic oxidation sites excluding steroid dienone is 2. The smallest absolute Gasteiger partial charge is 0.259 e. The van der Waals surface area contributed by atoms with Crippen LogP contribution in [0, 0.1) is 20.8 Å². The third-order valence-electron chi connectivity index (χ3n) is 6.65. The molecular formula is C28H36N2O3. The summed E-state index contributed by atoms with van der Waals surface area (Å²) in [5, 5.41) is 1.94. The first-order valence-electron chi connectivity index (χ1n) is 11.4. The number of rotatable bonds is 9. The second kappa shape index (κ2) is 10.4. The van der Waals surface area contributed by atoms with Crippen molar-refractivity contribution in [3.8, 4) is 0 Å². The van der Waals surface area contributed by atoms with E-state index in [9.17, 15) is 4.79 Å². The maximum absolute atomic E-state index is 14.0. The molecule has 2 heterocycles. The Bertz CT molecular complexity index is 987. The molecular weight excluding hydrogens is 412 g/mol. The number of hydroxylamine groups is 2. The van der Waals surface area contributed by atoms with Crippen LogP contribution in [0.1, 0.15) is 35.1 Å². The predicted octanol–water partition coefficient (Wildman–Crippen LogP) is 5.06. The molecule has 1 fully saturated rings. The van der Waals surface area contributed by atoms with Crippen molar-refractivity contribution in [2.45, 2.75) is 39.2 Å². The summed E-state index contributed by atoms with van der Waals surface area (Å²) >= 11 is 0. The van der Waals surface area contributed by atoms with Gasteiger partial charge < -0.3 is 14.5 Å². The Kier molecular flexibility index (Phi) is 7.77. The third-order valence-corrected chi connectivity index (χ3v) is 6.65. The van der Waals surface area contributed by atoms with E-state index in [0.29, 0.717) is 31.8 Å². The molecule has 176 valence electrons. The largest absolute Gasteiger partial charge is 0.490 e. The molecule has 3 rings (SSSR count). The molecule has 0 aliphatic carbocycles. The summed E-state index contributed by atoms with van der Waals surface area (Å²) in [6, 6.07) is 4.26. The molecule has 5 heteroatoms. The van der Waals surface area contributed by atoms with Gasteiger partial charge in [-0.2, -0.15) is 5.06 Å². The minimum absolute atomic E-state index is 0.00123. The van der Waals surface area contributed by atoms with E-state index in [1.807, 2.05) is 16.0 Å². The number of nitrogens with zero attached hydrogens (tertiary/aromatic N) is 2. The summed E-state index contributed by atoms with van der Waals surface area (Å²) in [5.41, 5.74) is 5.33. The molecule has 1 aromatic rings. The number of hydrogen-bond acceptors (Lipinski definition) is 4. The van der Waals surface area contributed by atoms with Crippen LogP contribution < -0.4 is 0 Å². The number of hydrogen-bond donors (Lipinski definition) is 0. The summed E-state index contributed by atoms with van der Waals surface area (Å²) in [4.78, 5) is 21.4. The SMILES string of the molecule is C=C/C=C(\C=C)COC1=C(c2c(C)cc(C)cc2C)C(=O)N(CC=C)C12CCN(OC)CC2. The molecule has 0 bridgehead atoms. The van der Waals surface area contributed by atoms with E-state index in [-0.39, 0.29) is 5.91 Å². The van der Waals surface area contributed by atoms with Crippen molar-refractivity contribution in [1.82, 2.24) is 9.96 Å². The second-order valence-electron chi connectivity index (χ2n) is 8.80. The topological polar surface area (TPSA) is 42.0 Å². The van der Waals surface area contributed by atoms with E-state index < -0.39 is 5.54 Å². The normalized spacial score (nSPS) is 18.7. The maximum Gasteiger partial charge on any atom is 0.259 e. The van der Waals surface area contributed by atoms with Gasteiger partial charge in [-0.25, -0.2) is 0 Å². The van der Waals surface area contributed by atoms with Gasteiger partial charge in [0.1, 0.15) is 17.9 Å². The minimum atomic E-state index is -0.542. The highest BCUT2D eigenvalue weighted by atomic mass is 16.7. The zero-order valence-electron chi connectivity index (χ0n) is 20.4. The molecule has 33 heavy (non-hydrogen) atoms. The fraction of sp³-hybridized carbons (Fsp3) is 0.393. The molecule has 0 saturated carbocycles. The van der Waals surface area contributed by atoms with Gasteiger partial charge >= 0.3 is 0 Å². The molecule has 1 amide bonds. The molecule has 0 N–H and O–H groups in total. The van der Waals surface area contributed by atoms with Gasteiger partial charge in [0.05, 0.1) is 12.7 Å². The van der Waals surface area contributed by atoms with Crippen molar-refractivity contribution in [1.29, 1.82) is 0 Å². The highest BCUT2D eigenvalue weighted by Crippen LogP contribution is 2.48. The van der Waals surface area contributed by atoms with Gasteiger partial charge in [0, 0.05) is 19.6 Å². The molecule has 1 spiro atoms. The number of ether oxygens (including phenoxy) is 1. The van der Waals surface area contributed by atoms with Crippen LogP contribution in [-0.4, -0.2) is 54.8 Å². The summed E-state index contributed by atoms with van der Waals surface area (Å²) in [6.07, 6.45) is 8.61. The highest BCUT2D eigenvalue weighted by molar-refractivity contribution is 6.24. The Labute approximate surface area is 198 Å². The van der Waals surface area contributed by atoms with Crippen molar-refractivity contribution < 1.29 is 14.4 Å². The second-order valence-corrected chi connectivity index (χ2v) is 8.80. The minimum Gasteiger partial charge on any atom is -0.490 e. The van der Waals surface area contributed by atoms with E-state index in [1.165, 1.54) is 5.56 Å². The van der Waals surface area contributed by atoms with Crippen molar-refractivity contribution in [3.05, 3.63) is 89.8 Å². The standard InChI is InChI=1S/C28H36N2O3/c1-8-11-23(10-3)19-33-26-25(24-21(5)17-20(4)18-22(24)6)27(31)30(14-9-2)28(26)12-15-29(32-7)16-13-28/h8-11,17-18H,1-3,12-16,19H2,4-7H3/b23-11+. The van der Waals surface area contributed by atoms with Gasteiger partial charge in [0.25, 0.3) is 5.91 Å². The van der Waals surface area contributed by atoms with E-state index >= 15 is 0 Å². The van der Waals surface area contributed by atoms with Crippen LogP contribution in [0.3, 0.4) is 0 Å². The van der Waals surface area contributed by atoms with Crippen molar-refractivity contribution in [2.75, 3.05) is 33.4 Å². The molecule has 0 atom stereocenters. The average Bonchev–Trinajstić information content (AvgIpc) is 2.99. The van der Waals surface area contributed by atoms with E-state index in [4.69, 9.17) is 9.57 Å². The van der Waals surface area contributed by atoms with Gasteiger partial charge in [-0.05, 0) is 55.9 Å². The Morgan fingerprint density at radius 2 is 1.76 bits per heavy atom. The Morgan fingerprint density at radius 1 is 1.12 bits per heavy atom. The first kappa shape index (κ1) is 24.7. The van der Waals surface area contributed by atoms with Crippen LogP contribution in [0.4, 0.5) is 0 Å². The molecule has 0 radical (unpaired) electrons. The van der Waals surface area contributed by atoms with Crippen LogP contribution in [0.15, 0.2) is 67.5 Å². The number of aryl methyl sites for hydroxylation is 3. The van der Waals surface area contributed by atoms with Gasteiger partial charge in [0.2, 0.25) is 0 Å². The van der Waals surface area contributed by atoms with Crippen molar-refractivity contribution in [3.63, 3.8) is 0 Å². The maximum atomic E-state index is 14.0. The molecule has 5 nitrogen and oxygen atoms in total. The number of benzene rings is 1. The lowest BCUT2D eigenvalue weighted by atomic mass is 9.84. The zero-order valence-corrected chi connectivity index (χ0v) is 20.4. The zero-order chi connectivity index (χ0) is 24.2. The predicted molar refractivity (Wildman–Crippen MR) is 134 cm³/mol. The van der Waals surface area contributed by atoms with Crippen LogP contribution in [-0.2, 0) is 14.4 Å². The number of carbonyl (C=O) groups excluding carboxylic acids is 1. The summed E-state index contributed by atoms with van der Waals surface area (Å²) < 4.78 is 6.56. The van der Waals surface area contributed by atoms with Gasteiger partial charge in [-0.15, -0.1) is 6.58 Å². The van der Waals surface area contributed by atoms with Crippen molar-refractivity contribution in [2.24, 2.45) is 0 Å². The van der Waals surface area contributed by atoms with Crippen LogP contribution >= 0.6 is 0 Å². The number of piperidine rings is 1. The van der Waals surface area contributed by atoms with Crippen LogP contribution in [0.2, 0.25) is 0 Å². The summed E-state index contributed by atoms with van der Waals surface area (Å²) in [7, 11) is 1.69. The third kappa shape index (κ3) is 4.61. The van der Waals surface area contributed by atoms with Crippen LogP contribution in [0.5, 0.6) is 0 Å². The van der Waals surface area contributed by atoms with E-state index in [1.54, 1.807) is 25.3 Å². The van der Waals surface area contributed by atoms with E-state index in [0.717, 1.165) is 40.9 Å². The fourth-order valence-electron chi connectivity index (χ4n) is 5.19. The molecule has 0 unspecified atom stereocenters. The van der Waals surface area contributed by atoms with Gasteiger partial charge in [-0.1, -0.05) is 55.2 Å². The average molecular weight is 449 g/mol. The highest BCUT2D eigenvalue weighted by Gasteiger charge is 2.54.